The van der Waals surface area contributed by atoms with Gasteiger partial charge in [0.25, 0.3) is 0 Å². The Morgan fingerprint density at radius 2 is 1.88 bits per heavy atom. The number of ether oxygens (including phenoxy) is 2. The number of methoxy groups -OCH3 is 2. The third-order valence-corrected chi connectivity index (χ3v) is 2.27. The van der Waals surface area contributed by atoms with Crippen molar-refractivity contribution < 1.29 is 19.4 Å². The summed E-state index contributed by atoms with van der Waals surface area (Å²) >= 11 is 0. The Morgan fingerprint density at radius 3 is 2.47 bits per heavy atom. The summed E-state index contributed by atoms with van der Waals surface area (Å²) in [7, 11) is 3.21. The van der Waals surface area contributed by atoms with Crippen LogP contribution in [0.1, 0.15) is 11.7 Å². The Balaban J connectivity index is 2.28. The van der Waals surface area contributed by atoms with Gasteiger partial charge in [0.15, 0.2) is 0 Å². The van der Waals surface area contributed by atoms with Crippen molar-refractivity contribution in [1.29, 1.82) is 0 Å². The van der Waals surface area contributed by atoms with E-state index in [4.69, 9.17) is 14.3 Å². The molecule has 0 fully saturated rings. The molecule has 17 heavy (non-hydrogen) atoms. The number of nitrogens with one attached hydrogen (secondary N) is 1. The fourth-order valence-corrected chi connectivity index (χ4v) is 1.28. The lowest BCUT2D eigenvalue weighted by atomic mass is 10.1. The number of rotatable bonds is 8. The summed E-state index contributed by atoms with van der Waals surface area (Å²) in [5.41, 5.74) is 3.50. The molecule has 0 aliphatic rings. The molecule has 2 N–H and O–H groups in total. The molecule has 1 aromatic rings. The summed E-state index contributed by atoms with van der Waals surface area (Å²) in [6.45, 7) is 1.30. The molecule has 5 heteroatoms. The Bertz CT molecular complexity index is 302. The van der Waals surface area contributed by atoms with Gasteiger partial charge in [-0.15, -0.1) is 0 Å². The minimum Gasteiger partial charge on any atom is -0.497 e. The molecule has 0 saturated heterocycles. The normalized spacial score (nSPS) is 12.4. The highest BCUT2D eigenvalue weighted by molar-refractivity contribution is 5.28. The van der Waals surface area contributed by atoms with E-state index in [2.05, 4.69) is 5.48 Å². The van der Waals surface area contributed by atoms with Crippen molar-refractivity contribution in [3.05, 3.63) is 29.8 Å². The molecule has 1 rings (SSSR count). The zero-order valence-corrected chi connectivity index (χ0v) is 10.2. The number of benzene rings is 1. The van der Waals surface area contributed by atoms with Crippen molar-refractivity contribution >= 4 is 0 Å². The molecule has 96 valence electrons. The average molecular weight is 241 g/mol. The fraction of sp³-hybridized carbons (Fsp3) is 0.500. The lowest BCUT2D eigenvalue weighted by Crippen LogP contribution is -2.23. The Hall–Kier alpha value is -1.14. The highest BCUT2D eigenvalue weighted by Gasteiger charge is 2.06. The van der Waals surface area contributed by atoms with Gasteiger partial charge >= 0.3 is 0 Å². The minimum absolute atomic E-state index is 0.329. The highest BCUT2D eigenvalue weighted by atomic mass is 16.7. The maximum atomic E-state index is 9.83. The summed E-state index contributed by atoms with van der Waals surface area (Å²) < 4.78 is 9.86. The molecule has 1 aromatic carbocycles. The summed E-state index contributed by atoms with van der Waals surface area (Å²) in [4.78, 5) is 5.05. The lowest BCUT2D eigenvalue weighted by Gasteiger charge is -2.12. The first-order valence-electron chi connectivity index (χ1n) is 5.43. The molecule has 0 saturated carbocycles. The van der Waals surface area contributed by atoms with Gasteiger partial charge < -0.3 is 14.6 Å². The van der Waals surface area contributed by atoms with Gasteiger partial charge in [0.05, 0.1) is 33.0 Å². The zero-order valence-electron chi connectivity index (χ0n) is 10.2. The molecule has 0 heterocycles. The summed E-state index contributed by atoms with van der Waals surface area (Å²) in [5, 5.41) is 9.83. The SMILES string of the molecule is COCCONCC(O)c1ccc(OC)cc1. The molecular weight excluding hydrogens is 222 g/mol. The topological polar surface area (TPSA) is 60.0 Å². The lowest BCUT2D eigenvalue weighted by molar-refractivity contribution is -0.0112. The second-order valence-corrected chi connectivity index (χ2v) is 3.48. The molecule has 0 aliphatic heterocycles. The van der Waals surface area contributed by atoms with E-state index < -0.39 is 6.10 Å². The van der Waals surface area contributed by atoms with Gasteiger partial charge in [0, 0.05) is 7.11 Å². The number of aliphatic hydroxyl groups excluding tert-OH is 1. The number of hydrogen-bond donors (Lipinski definition) is 2. The maximum absolute atomic E-state index is 9.83. The van der Waals surface area contributed by atoms with Crippen molar-refractivity contribution in [3.63, 3.8) is 0 Å². The molecule has 1 unspecified atom stereocenters. The monoisotopic (exact) mass is 241 g/mol. The van der Waals surface area contributed by atoms with E-state index in [1.54, 1.807) is 14.2 Å². The van der Waals surface area contributed by atoms with Crippen molar-refractivity contribution in [3.8, 4) is 5.75 Å². The van der Waals surface area contributed by atoms with Gasteiger partial charge in [-0.1, -0.05) is 12.1 Å². The second kappa shape index (κ2) is 8.03. The van der Waals surface area contributed by atoms with Crippen LogP contribution in [0, 0.1) is 0 Å². The maximum Gasteiger partial charge on any atom is 0.118 e. The van der Waals surface area contributed by atoms with E-state index >= 15 is 0 Å². The highest BCUT2D eigenvalue weighted by Crippen LogP contribution is 2.16. The largest absolute Gasteiger partial charge is 0.497 e. The molecule has 1 atom stereocenters. The Kier molecular flexibility index (Phi) is 6.57. The van der Waals surface area contributed by atoms with Crippen molar-refractivity contribution in [2.45, 2.75) is 6.10 Å². The van der Waals surface area contributed by atoms with Crippen LogP contribution in [-0.2, 0) is 9.57 Å². The Morgan fingerprint density at radius 1 is 1.18 bits per heavy atom. The third kappa shape index (κ3) is 5.14. The van der Waals surface area contributed by atoms with E-state index in [0.29, 0.717) is 19.8 Å². The molecule has 0 aromatic heterocycles. The van der Waals surface area contributed by atoms with Crippen LogP contribution in [-0.4, -0.2) is 39.1 Å². The standard InChI is InChI=1S/C12H19NO4/c1-15-7-8-17-13-9-12(14)10-3-5-11(16-2)6-4-10/h3-6,12-14H,7-9H2,1-2H3. The number of hydrogen-bond acceptors (Lipinski definition) is 5. The Labute approximate surface area is 101 Å². The van der Waals surface area contributed by atoms with Crippen molar-refractivity contribution in [1.82, 2.24) is 5.48 Å². The average Bonchev–Trinajstić information content (AvgIpc) is 2.38. The molecule has 0 spiro atoms. The van der Waals surface area contributed by atoms with Gasteiger partial charge in [-0.05, 0) is 17.7 Å². The van der Waals surface area contributed by atoms with Crippen LogP contribution >= 0.6 is 0 Å². The van der Waals surface area contributed by atoms with E-state index in [0.717, 1.165) is 11.3 Å². The molecule has 0 amide bonds. The third-order valence-electron chi connectivity index (χ3n) is 2.27. The number of aliphatic hydroxyl groups is 1. The van der Waals surface area contributed by atoms with E-state index in [1.165, 1.54) is 0 Å². The molecule has 0 radical (unpaired) electrons. The van der Waals surface area contributed by atoms with E-state index in [1.807, 2.05) is 24.3 Å². The number of hydroxylamine groups is 1. The van der Waals surface area contributed by atoms with Crippen molar-refractivity contribution in [2.24, 2.45) is 0 Å². The zero-order chi connectivity index (χ0) is 12.5. The van der Waals surface area contributed by atoms with Gasteiger partial charge in [0.2, 0.25) is 0 Å². The minimum atomic E-state index is -0.608. The molecular formula is C12H19NO4. The smallest absolute Gasteiger partial charge is 0.118 e. The van der Waals surface area contributed by atoms with Crippen LogP contribution in [0.3, 0.4) is 0 Å². The predicted molar refractivity (Wildman–Crippen MR) is 63.8 cm³/mol. The van der Waals surface area contributed by atoms with Gasteiger partial charge in [-0.3, -0.25) is 4.84 Å². The van der Waals surface area contributed by atoms with Crippen LogP contribution in [0.4, 0.5) is 0 Å². The first kappa shape index (κ1) is 13.9. The van der Waals surface area contributed by atoms with Crippen LogP contribution in [0.15, 0.2) is 24.3 Å². The fourth-order valence-electron chi connectivity index (χ4n) is 1.28. The van der Waals surface area contributed by atoms with Crippen LogP contribution in [0.5, 0.6) is 5.75 Å². The summed E-state index contributed by atoms with van der Waals surface area (Å²) in [5.74, 6) is 0.769. The summed E-state index contributed by atoms with van der Waals surface area (Å²) in [6.07, 6.45) is -0.608. The van der Waals surface area contributed by atoms with Crippen LogP contribution in [0.2, 0.25) is 0 Å². The van der Waals surface area contributed by atoms with Gasteiger partial charge in [0.1, 0.15) is 5.75 Å². The van der Waals surface area contributed by atoms with Crippen LogP contribution in [0.25, 0.3) is 0 Å². The van der Waals surface area contributed by atoms with Gasteiger partial charge in [-0.25, -0.2) is 0 Å². The van der Waals surface area contributed by atoms with E-state index in [-0.39, 0.29) is 0 Å². The summed E-state index contributed by atoms with van der Waals surface area (Å²) in [6, 6.07) is 7.26. The van der Waals surface area contributed by atoms with Crippen LogP contribution < -0.4 is 10.2 Å². The van der Waals surface area contributed by atoms with Gasteiger partial charge in [-0.2, -0.15) is 5.48 Å². The first-order valence-corrected chi connectivity index (χ1v) is 5.43. The first-order chi connectivity index (χ1) is 8.27. The molecule has 0 aliphatic carbocycles. The van der Waals surface area contributed by atoms with E-state index in [9.17, 15) is 5.11 Å². The predicted octanol–water partition coefficient (Wildman–Crippen LogP) is 0.896. The second-order valence-electron chi connectivity index (χ2n) is 3.48. The van der Waals surface area contributed by atoms with Crippen molar-refractivity contribution in [2.75, 3.05) is 34.0 Å². The molecule has 0 bridgehead atoms. The quantitative estimate of drug-likeness (QED) is 0.523. The molecule has 5 nitrogen and oxygen atoms in total.